The average molecular weight is 554 g/mol. The highest BCUT2D eigenvalue weighted by atomic mass is 32.2. The van der Waals surface area contributed by atoms with E-state index in [-0.39, 0.29) is 17.2 Å². The molecule has 2 rings (SSSR count). The summed E-state index contributed by atoms with van der Waals surface area (Å²) < 4.78 is 58.5. The lowest BCUT2D eigenvalue weighted by atomic mass is 10.1. The molecule has 0 unspecified atom stereocenters. The molecular formula is C24H27NO12S. The lowest BCUT2D eigenvalue weighted by molar-refractivity contribution is -0.154. The number of hydrogen-bond donors (Lipinski definition) is 2. The maximum absolute atomic E-state index is 12.7. The van der Waals surface area contributed by atoms with Crippen LogP contribution in [0, 0.1) is 0 Å². The van der Waals surface area contributed by atoms with Crippen LogP contribution in [0.1, 0.15) is 18.4 Å². The normalized spacial score (nSPS) is 10.9. The smallest absolute Gasteiger partial charge is 0.349 e. The molecule has 0 fully saturated rings. The van der Waals surface area contributed by atoms with Crippen LogP contribution < -0.4 is 28.4 Å². The van der Waals surface area contributed by atoms with Gasteiger partial charge in [0.2, 0.25) is 0 Å². The Morgan fingerprint density at radius 1 is 0.842 bits per heavy atom. The molecule has 0 spiro atoms. The van der Waals surface area contributed by atoms with Gasteiger partial charge in [0.15, 0.2) is 18.1 Å². The summed E-state index contributed by atoms with van der Waals surface area (Å²) in [5.74, 6) is -2.05. The van der Waals surface area contributed by atoms with Gasteiger partial charge < -0.3 is 33.5 Å². The maximum atomic E-state index is 12.7. The molecule has 0 heterocycles. The Labute approximate surface area is 218 Å². The number of nitrogens with one attached hydrogen (secondary N) is 1. The molecule has 0 saturated heterocycles. The molecule has 0 atom stereocenters. The van der Waals surface area contributed by atoms with E-state index in [1.807, 2.05) is 0 Å². The number of methoxy groups -OCH3 is 4. The SMILES string of the molecule is COc1cc(OC)c(/C=C/S(=O)(=O)Nc2ccc(OC)c(OC(=O)COC(=O)CCC(=O)O)c2)c(OC)c1. The lowest BCUT2D eigenvalue weighted by Gasteiger charge is -2.13. The molecule has 0 aliphatic heterocycles. The number of anilines is 1. The molecule has 0 bridgehead atoms. The standard InChI is InChI=1S/C24H27NO12S/c1-32-16-12-19(34-3)17(20(13-16)35-4)9-10-38(30,31)25-15-5-6-18(33-2)21(11-15)37-24(29)14-36-23(28)8-7-22(26)27/h5-6,9-13,25H,7-8,14H2,1-4H3,(H,26,27)/b10-9+. The fourth-order valence-electron chi connectivity index (χ4n) is 2.95. The van der Waals surface area contributed by atoms with Crippen LogP contribution in [0.4, 0.5) is 5.69 Å². The molecule has 0 saturated carbocycles. The molecule has 0 radical (unpaired) electrons. The predicted molar refractivity (Wildman–Crippen MR) is 134 cm³/mol. The van der Waals surface area contributed by atoms with Crippen LogP contribution in [-0.2, 0) is 29.1 Å². The summed E-state index contributed by atoms with van der Waals surface area (Å²) in [6, 6.07) is 7.06. The molecule has 2 N–H and O–H groups in total. The van der Waals surface area contributed by atoms with Gasteiger partial charge in [-0.05, 0) is 18.2 Å². The second-order valence-electron chi connectivity index (χ2n) is 7.29. The third-order valence-corrected chi connectivity index (χ3v) is 5.72. The number of carbonyl (C=O) groups excluding carboxylic acids is 2. The van der Waals surface area contributed by atoms with Gasteiger partial charge in [0.05, 0.1) is 57.9 Å². The van der Waals surface area contributed by atoms with Gasteiger partial charge in [0, 0.05) is 18.2 Å². The number of sulfonamides is 1. The minimum atomic E-state index is -4.07. The van der Waals surface area contributed by atoms with E-state index in [1.54, 1.807) is 12.1 Å². The van der Waals surface area contributed by atoms with Gasteiger partial charge in [-0.25, -0.2) is 13.2 Å². The first kappa shape index (κ1) is 29.8. The Balaban J connectivity index is 2.17. The average Bonchev–Trinajstić information content (AvgIpc) is 2.88. The summed E-state index contributed by atoms with van der Waals surface area (Å²) in [4.78, 5) is 34.1. The molecule has 14 heteroatoms. The molecule has 2 aromatic rings. The Morgan fingerprint density at radius 2 is 1.47 bits per heavy atom. The molecule has 0 aromatic heterocycles. The first-order valence-corrected chi connectivity index (χ1v) is 12.3. The first-order chi connectivity index (χ1) is 18.0. The van der Waals surface area contributed by atoms with Gasteiger partial charge in [-0.2, -0.15) is 0 Å². The second-order valence-corrected chi connectivity index (χ2v) is 8.86. The Hall–Kier alpha value is -4.46. The number of rotatable bonds is 14. The minimum Gasteiger partial charge on any atom is -0.496 e. The fourth-order valence-corrected chi connectivity index (χ4v) is 3.78. The Bertz CT molecular complexity index is 1280. The lowest BCUT2D eigenvalue weighted by Crippen LogP contribution is -2.19. The van der Waals surface area contributed by atoms with E-state index in [0.29, 0.717) is 22.8 Å². The van der Waals surface area contributed by atoms with Crippen LogP contribution in [0.5, 0.6) is 28.7 Å². The number of carboxylic acid groups (broad SMARTS) is 1. The van der Waals surface area contributed by atoms with Gasteiger partial charge in [-0.1, -0.05) is 0 Å². The maximum Gasteiger partial charge on any atom is 0.349 e. The van der Waals surface area contributed by atoms with E-state index in [9.17, 15) is 22.8 Å². The van der Waals surface area contributed by atoms with Crippen molar-refractivity contribution < 1.29 is 56.3 Å². The van der Waals surface area contributed by atoms with Crippen molar-refractivity contribution in [1.29, 1.82) is 0 Å². The molecule has 38 heavy (non-hydrogen) atoms. The van der Waals surface area contributed by atoms with Crippen molar-refractivity contribution in [2.24, 2.45) is 0 Å². The summed E-state index contributed by atoms with van der Waals surface area (Å²) in [7, 11) is 1.53. The monoisotopic (exact) mass is 553 g/mol. The van der Waals surface area contributed by atoms with Gasteiger partial charge in [0.1, 0.15) is 17.2 Å². The van der Waals surface area contributed by atoms with Crippen molar-refractivity contribution in [3.8, 4) is 28.7 Å². The van der Waals surface area contributed by atoms with Crippen LogP contribution in [0.3, 0.4) is 0 Å². The van der Waals surface area contributed by atoms with Crippen molar-refractivity contribution in [2.45, 2.75) is 12.8 Å². The van der Waals surface area contributed by atoms with E-state index < -0.39 is 47.4 Å². The van der Waals surface area contributed by atoms with Crippen molar-refractivity contribution in [2.75, 3.05) is 39.8 Å². The van der Waals surface area contributed by atoms with Crippen LogP contribution in [0.25, 0.3) is 6.08 Å². The largest absolute Gasteiger partial charge is 0.496 e. The summed E-state index contributed by atoms with van der Waals surface area (Å²) in [6.45, 7) is -0.786. The van der Waals surface area contributed by atoms with E-state index in [0.717, 1.165) is 5.41 Å². The summed E-state index contributed by atoms with van der Waals surface area (Å²) >= 11 is 0. The van der Waals surface area contributed by atoms with E-state index in [4.69, 9.17) is 28.8 Å². The number of carbonyl (C=O) groups is 3. The number of carboxylic acids is 1. The molecule has 2 aromatic carbocycles. The van der Waals surface area contributed by atoms with Crippen molar-refractivity contribution >= 4 is 39.7 Å². The van der Waals surface area contributed by atoms with Gasteiger partial charge in [0.25, 0.3) is 10.0 Å². The number of aliphatic carboxylic acids is 1. The summed E-state index contributed by atoms with van der Waals surface area (Å²) in [5.41, 5.74) is 0.383. The zero-order valence-electron chi connectivity index (χ0n) is 21.0. The topological polar surface area (TPSA) is 173 Å². The number of benzene rings is 2. The fraction of sp³-hybridized carbons (Fsp3) is 0.292. The third kappa shape index (κ3) is 8.89. The molecule has 13 nitrogen and oxygen atoms in total. The van der Waals surface area contributed by atoms with Crippen LogP contribution in [-0.4, -0.2) is 66.5 Å². The molecule has 0 aliphatic carbocycles. The number of hydrogen-bond acceptors (Lipinski definition) is 11. The summed E-state index contributed by atoms with van der Waals surface area (Å²) in [5, 5.41) is 9.47. The molecule has 0 amide bonds. The number of ether oxygens (including phenoxy) is 6. The quantitative estimate of drug-likeness (QED) is 0.259. The highest BCUT2D eigenvalue weighted by Gasteiger charge is 2.17. The van der Waals surface area contributed by atoms with E-state index in [2.05, 4.69) is 9.46 Å². The molecule has 0 aliphatic rings. The minimum absolute atomic E-state index is 0.0327. The first-order valence-electron chi connectivity index (χ1n) is 10.8. The van der Waals surface area contributed by atoms with Crippen LogP contribution >= 0.6 is 0 Å². The molecular weight excluding hydrogens is 526 g/mol. The van der Waals surface area contributed by atoms with Gasteiger partial charge in [-0.15, -0.1) is 0 Å². The van der Waals surface area contributed by atoms with Crippen molar-refractivity contribution in [3.63, 3.8) is 0 Å². The van der Waals surface area contributed by atoms with Crippen molar-refractivity contribution in [1.82, 2.24) is 0 Å². The van der Waals surface area contributed by atoms with Gasteiger partial charge >= 0.3 is 17.9 Å². The Morgan fingerprint density at radius 3 is 2.03 bits per heavy atom. The van der Waals surface area contributed by atoms with E-state index >= 15 is 0 Å². The van der Waals surface area contributed by atoms with Crippen LogP contribution in [0.2, 0.25) is 0 Å². The van der Waals surface area contributed by atoms with Gasteiger partial charge in [-0.3, -0.25) is 14.3 Å². The zero-order chi connectivity index (χ0) is 28.3. The highest BCUT2D eigenvalue weighted by molar-refractivity contribution is 7.95. The third-order valence-electron chi connectivity index (χ3n) is 4.71. The van der Waals surface area contributed by atoms with Crippen molar-refractivity contribution in [3.05, 3.63) is 41.3 Å². The molecule has 206 valence electrons. The van der Waals surface area contributed by atoms with E-state index in [1.165, 1.54) is 52.7 Å². The second kappa shape index (κ2) is 13.7. The Kier molecular flexibility index (Phi) is 10.8. The zero-order valence-corrected chi connectivity index (χ0v) is 21.8. The highest BCUT2D eigenvalue weighted by Crippen LogP contribution is 2.35. The predicted octanol–water partition coefficient (Wildman–Crippen LogP) is 2.45. The van der Waals surface area contributed by atoms with Crippen LogP contribution in [0.15, 0.2) is 35.7 Å². The number of esters is 2. The summed E-state index contributed by atoms with van der Waals surface area (Å²) in [6.07, 6.45) is 0.421.